The van der Waals surface area contributed by atoms with Crippen molar-refractivity contribution in [2.45, 2.75) is 19.5 Å². The number of urea groups is 1. The van der Waals surface area contributed by atoms with Crippen molar-refractivity contribution in [3.63, 3.8) is 0 Å². The first kappa shape index (κ1) is 16.6. The molecule has 2 heterocycles. The fourth-order valence-corrected chi connectivity index (χ4v) is 2.24. The molecule has 2 amide bonds. The lowest BCUT2D eigenvalue weighted by atomic mass is 10.3. The highest BCUT2D eigenvalue weighted by Gasteiger charge is 2.16. The molecule has 0 bridgehead atoms. The summed E-state index contributed by atoms with van der Waals surface area (Å²) in [5.74, 6) is 0. The van der Waals surface area contributed by atoms with Gasteiger partial charge in [0.2, 0.25) is 0 Å². The van der Waals surface area contributed by atoms with E-state index in [-0.39, 0.29) is 17.4 Å². The molecular weight excluding hydrogens is 294 g/mol. The minimum atomic E-state index is -2.61. The fraction of sp³-hybridized carbons (Fsp3) is 0.571. The van der Waals surface area contributed by atoms with Crippen molar-refractivity contribution >= 4 is 11.7 Å². The average molecular weight is 314 g/mol. The van der Waals surface area contributed by atoms with Gasteiger partial charge in [0.25, 0.3) is 6.43 Å². The second kappa shape index (κ2) is 8.00. The quantitative estimate of drug-likeness (QED) is 0.870. The number of anilines is 1. The van der Waals surface area contributed by atoms with Crippen LogP contribution in [-0.4, -0.2) is 54.8 Å². The number of pyridine rings is 1. The van der Waals surface area contributed by atoms with Crippen LogP contribution in [0.3, 0.4) is 0 Å². The Morgan fingerprint density at radius 3 is 3.09 bits per heavy atom. The van der Waals surface area contributed by atoms with Crippen LogP contribution < -0.4 is 10.6 Å². The van der Waals surface area contributed by atoms with Gasteiger partial charge in [0.15, 0.2) is 0 Å². The van der Waals surface area contributed by atoms with Gasteiger partial charge in [0, 0.05) is 37.9 Å². The van der Waals surface area contributed by atoms with Crippen LogP contribution in [0.25, 0.3) is 0 Å². The Labute approximate surface area is 127 Å². The van der Waals surface area contributed by atoms with Crippen molar-refractivity contribution in [3.8, 4) is 0 Å². The number of ether oxygens (including phenoxy) is 1. The third-order valence-corrected chi connectivity index (χ3v) is 3.31. The molecule has 0 spiro atoms. The zero-order valence-electron chi connectivity index (χ0n) is 12.4. The monoisotopic (exact) mass is 314 g/mol. The summed E-state index contributed by atoms with van der Waals surface area (Å²) in [5.41, 5.74) is 0.0235. The van der Waals surface area contributed by atoms with Gasteiger partial charge in [0.05, 0.1) is 24.6 Å². The lowest BCUT2D eigenvalue weighted by Crippen LogP contribution is -2.45. The minimum Gasteiger partial charge on any atom is -0.376 e. The predicted molar refractivity (Wildman–Crippen MR) is 78.1 cm³/mol. The molecular formula is C14H20F2N4O2. The molecule has 6 nitrogen and oxygen atoms in total. The Hall–Kier alpha value is -1.80. The van der Waals surface area contributed by atoms with Crippen LogP contribution in [0.1, 0.15) is 18.9 Å². The Bertz CT molecular complexity index is 501. The number of aromatic nitrogens is 1. The number of alkyl halides is 2. The molecule has 0 aliphatic carbocycles. The summed E-state index contributed by atoms with van der Waals surface area (Å²) in [5, 5.41) is 5.19. The Morgan fingerprint density at radius 1 is 1.55 bits per heavy atom. The maximum atomic E-state index is 12.5. The molecule has 122 valence electrons. The summed E-state index contributed by atoms with van der Waals surface area (Å²) >= 11 is 0. The second-order valence-corrected chi connectivity index (χ2v) is 5.17. The van der Waals surface area contributed by atoms with E-state index in [0.29, 0.717) is 13.2 Å². The van der Waals surface area contributed by atoms with Crippen molar-refractivity contribution in [2.24, 2.45) is 0 Å². The third kappa shape index (κ3) is 5.19. The smallest absolute Gasteiger partial charge is 0.319 e. The maximum absolute atomic E-state index is 12.5. The maximum Gasteiger partial charge on any atom is 0.319 e. The zero-order valence-corrected chi connectivity index (χ0v) is 12.4. The standard InChI is InChI=1S/C14H20F2N4O2/c1-10-9-20(4-5-22-10)3-2-18-14(21)19-12-6-11(13(15)16)7-17-8-12/h6-8,10,13H,2-5,9H2,1H3,(H2,18,19,21). The van der Waals surface area contributed by atoms with Crippen LogP contribution in [0, 0.1) is 0 Å². The number of nitrogens with zero attached hydrogens (tertiary/aromatic N) is 2. The number of nitrogens with one attached hydrogen (secondary N) is 2. The van der Waals surface area contributed by atoms with Crippen molar-refractivity contribution in [3.05, 3.63) is 24.0 Å². The van der Waals surface area contributed by atoms with E-state index < -0.39 is 12.5 Å². The van der Waals surface area contributed by atoms with E-state index in [1.165, 1.54) is 12.3 Å². The summed E-state index contributed by atoms with van der Waals surface area (Å²) < 4.78 is 30.5. The fourth-order valence-electron chi connectivity index (χ4n) is 2.24. The number of carbonyl (C=O) groups excluding carboxylic acids is 1. The Morgan fingerprint density at radius 2 is 2.36 bits per heavy atom. The molecule has 0 saturated carbocycles. The summed E-state index contributed by atoms with van der Waals surface area (Å²) in [7, 11) is 0. The summed E-state index contributed by atoms with van der Waals surface area (Å²) in [6, 6.07) is 0.774. The Balaban J connectivity index is 1.72. The van der Waals surface area contributed by atoms with Crippen molar-refractivity contribution < 1.29 is 18.3 Å². The number of morpholine rings is 1. The predicted octanol–water partition coefficient (Wildman–Crippen LogP) is 1.86. The SMILES string of the molecule is CC1CN(CCNC(=O)Nc2cncc(C(F)F)c2)CCO1. The van der Waals surface area contributed by atoms with E-state index >= 15 is 0 Å². The van der Waals surface area contributed by atoms with Gasteiger partial charge in [-0.3, -0.25) is 9.88 Å². The number of rotatable bonds is 5. The van der Waals surface area contributed by atoms with Gasteiger partial charge in [0.1, 0.15) is 0 Å². The van der Waals surface area contributed by atoms with E-state index in [9.17, 15) is 13.6 Å². The zero-order chi connectivity index (χ0) is 15.9. The van der Waals surface area contributed by atoms with Crippen molar-refractivity contribution in [2.75, 3.05) is 38.1 Å². The minimum absolute atomic E-state index is 0.200. The molecule has 1 aliphatic rings. The topological polar surface area (TPSA) is 66.5 Å². The third-order valence-electron chi connectivity index (χ3n) is 3.31. The van der Waals surface area contributed by atoms with E-state index in [1.54, 1.807) is 0 Å². The number of halogens is 2. The van der Waals surface area contributed by atoms with Gasteiger partial charge in [-0.05, 0) is 13.0 Å². The number of hydrogen-bond acceptors (Lipinski definition) is 4. The molecule has 1 atom stereocenters. The highest BCUT2D eigenvalue weighted by molar-refractivity contribution is 5.89. The largest absolute Gasteiger partial charge is 0.376 e. The van der Waals surface area contributed by atoms with Gasteiger partial charge < -0.3 is 15.4 Å². The van der Waals surface area contributed by atoms with E-state index in [2.05, 4.69) is 20.5 Å². The summed E-state index contributed by atoms with van der Waals surface area (Å²) in [6.45, 7) is 5.57. The van der Waals surface area contributed by atoms with Crippen molar-refractivity contribution in [1.82, 2.24) is 15.2 Å². The highest BCUT2D eigenvalue weighted by atomic mass is 19.3. The van der Waals surface area contributed by atoms with Crippen LogP contribution in [0.2, 0.25) is 0 Å². The second-order valence-electron chi connectivity index (χ2n) is 5.17. The van der Waals surface area contributed by atoms with Gasteiger partial charge in [-0.25, -0.2) is 13.6 Å². The summed E-state index contributed by atoms with van der Waals surface area (Å²) in [6.07, 6.45) is -0.00556. The first-order valence-corrected chi connectivity index (χ1v) is 7.16. The number of carbonyl (C=O) groups is 1. The van der Waals surface area contributed by atoms with E-state index in [4.69, 9.17) is 4.74 Å². The van der Waals surface area contributed by atoms with E-state index in [1.807, 2.05) is 6.92 Å². The van der Waals surface area contributed by atoms with Gasteiger partial charge in [-0.15, -0.1) is 0 Å². The molecule has 0 aromatic carbocycles. The molecule has 1 aromatic heterocycles. The normalized spacial score (nSPS) is 19.2. The Kier molecular flexibility index (Phi) is 6.02. The van der Waals surface area contributed by atoms with Gasteiger partial charge in [-0.1, -0.05) is 0 Å². The van der Waals surface area contributed by atoms with Crippen LogP contribution >= 0.6 is 0 Å². The lowest BCUT2D eigenvalue weighted by Gasteiger charge is -2.30. The molecule has 2 rings (SSSR count). The lowest BCUT2D eigenvalue weighted by molar-refractivity contribution is -0.0174. The number of hydrogen-bond donors (Lipinski definition) is 2. The van der Waals surface area contributed by atoms with Crippen molar-refractivity contribution in [1.29, 1.82) is 0 Å². The molecule has 2 N–H and O–H groups in total. The van der Waals surface area contributed by atoms with Crippen LogP contribution in [0.5, 0.6) is 0 Å². The van der Waals surface area contributed by atoms with Crippen LogP contribution in [0.15, 0.2) is 18.5 Å². The highest BCUT2D eigenvalue weighted by Crippen LogP contribution is 2.20. The molecule has 1 unspecified atom stereocenters. The van der Waals surface area contributed by atoms with Gasteiger partial charge in [-0.2, -0.15) is 0 Å². The van der Waals surface area contributed by atoms with Crippen LogP contribution in [0.4, 0.5) is 19.3 Å². The van der Waals surface area contributed by atoms with Gasteiger partial charge >= 0.3 is 6.03 Å². The molecule has 1 aromatic rings. The number of amides is 2. The summed E-state index contributed by atoms with van der Waals surface area (Å²) in [4.78, 5) is 17.6. The molecule has 22 heavy (non-hydrogen) atoms. The molecule has 0 radical (unpaired) electrons. The van der Waals surface area contributed by atoms with Crippen LogP contribution in [-0.2, 0) is 4.74 Å². The van der Waals surface area contributed by atoms with E-state index in [0.717, 1.165) is 25.8 Å². The molecule has 1 aliphatic heterocycles. The first-order valence-electron chi connectivity index (χ1n) is 7.16. The molecule has 1 saturated heterocycles. The molecule has 1 fully saturated rings. The molecule has 8 heteroatoms. The average Bonchev–Trinajstić information content (AvgIpc) is 2.47. The first-order chi connectivity index (χ1) is 10.5.